The Kier molecular flexibility index (Phi) is 8.01. The van der Waals surface area contributed by atoms with Gasteiger partial charge in [-0.25, -0.2) is 9.78 Å². The van der Waals surface area contributed by atoms with Gasteiger partial charge in [-0.1, -0.05) is 17.3 Å². The minimum absolute atomic E-state index is 0.0241. The smallest absolute Gasteiger partial charge is 0.355 e. The number of hydrogen-bond acceptors (Lipinski definition) is 11. The zero-order valence-corrected chi connectivity index (χ0v) is 21.6. The number of carbonyl (C=O) groups is 3. The van der Waals surface area contributed by atoms with Gasteiger partial charge in [-0.2, -0.15) is 0 Å². The molecule has 36 heavy (non-hydrogen) atoms. The average Bonchev–Trinajstić information content (AvgIpc) is 3.33. The van der Waals surface area contributed by atoms with Crippen LogP contribution in [0.3, 0.4) is 0 Å². The molecular formula is C22H22ClN5O6S2. The lowest BCUT2D eigenvalue weighted by Gasteiger charge is -2.51. The molecule has 1 unspecified atom stereocenters. The lowest BCUT2D eigenvalue weighted by atomic mass is 10.00. The van der Waals surface area contributed by atoms with Crippen molar-refractivity contribution < 1.29 is 28.7 Å². The number of alkyl halides is 1. The first-order valence-electron chi connectivity index (χ1n) is 10.5. The highest BCUT2D eigenvalue weighted by Crippen LogP contribution is 2.51. The minimum atomic E-state index is -0.898. The summed E-state index contributed by atoms with van der Waals surface area (Å²) in [7, 11) is 2.85. The fraction of sp³-hybridized carbons (Fsp3) is 0.318. The van der Waals surface area contributed by atoms with Gasteiger partial charge in [0.05, 0.1) is 18.1 Å². The maximum absolute atomic E-state index is 13.3. The number of carbonyl (C=O) groups excluding carboxylic acids is 3. The molecule has 0 saturated carbocycles. The van der Waals surface area contributed by atoms with Crippen molar-refractivity contribution in [2.24, 2.45) is 5.16 Å². The van der Waals surface area contributed by atoms with Crippen LogP contribution in [-0.4, -0.2) is 65.4 Å². The van der Waals surface area contributed by atoms with E-state index in [9.17, 15) is 14.4 Å². The quantitative estimate of drug-likeness (QED) is 0.157. The van der Waals surface area contributed by atoms with E-state index in [1.54, 1.807) is 36.8 Å². The van der Waals surface area contributed by atoms with E-state index in [4.69, 9.17) is 26.8 Å². The van der Waals surface area contributed by atoms with E-state index in [2.05, 4.69) is 20.3 Å². The molecule has 2 aliphatic rings. The number of nitrogens with zero attached hydrogens (tertiary/aromatic N) is 3. The highest BCUT2D eigenvalue weighted by atomic mass is 35.5. The number of anilines is 1. The van der Waals surface area contributed by atoms with Crippen molar-refractivity contribution in [1.82, 2.24) is 15.2 Å². The summed E-state index contributed by atoms with van der Waals surface area (Å²) in [6.07, 6.45) is 0.923. The van der Waals surface area contributed by atoms with Crippen LogP contribution < -0.4 is 15.8 Å². The second-order valence-corrected chi connectivity index (χ2v) is 9.94. The van der Waals surface area contributed by atoms with Gasteiger partial charge in [0.15, 0.2) is 5.13 Å². The Labute approximate surface area is 219 Å². The Hall–Kier alpha value is -3.29. The van der Waals surface area contributed by atoms with E-state index in [0.29, 0.717) is 22.1 Å². The first kappa shape index (κ1) is 25.8. The second kappa shape index (κ2) is 11.2. The fourth-order valence-electron chi connectivity index (χ4n) is 3.74. The molecule has 14 heteroatoms. The normalized spacial score (nSPS) is 21.1. The molecule has 1 aromatic heterocycles. The number of benzene rings is 1. The van der Waals surface area contributed by atoms with Crippen molar-refractivity contribution in [2.45, 2.75) is 23.3 Å². The summed E-state index contributed by atoms with van der Waals surface area (Å²) in [5.74, 6) is -1.16. The van der Waals surface area contributed by atoms with Crippen LogP contribution in [0.5, 0.6) is 5.75 Å². The number of fused-ring (bicyclic) bond motifs is 1. The predicted octanol–water partition coefficient (Wildman–Crippen LogP) is 2.04. The number of nitrogens with two attached hydrogens (primary N) is 1. The first-order chi connectivity index (χ1) is 17.4. The second-order valence-electron chi connectivity index (χ2n) is 7.56. The van der Waals surface area contributed by atoms with Crippen molar-refractivity contribution in [2.75, 3.05) is 25.8 Å². The molecule has 2 aromatic rings. The third-order valence-corrected chi connectivity index (χ3v) is 7.97. The Morgan fingerprint density at radius 3 is 2.67 bits per heavy atom. The van der Waals surface area contributed by atoms with Crippen LogP contribution in [0.1, 0.15) is 16.5 Å². The van der Waals surface area contributed by atoms with Gasteiger partial charge in [0.2, 0.25) is 0 Å². The molecule has 3 heterocycles. The van der Waals surface area contributed by atoms with E-state index in [1.807, 2.05) is 0 Å². The number of nitrogen functional groups attached to an aromatic ring is 1. The van der Waals surface area contributed by atoms with E-state index in [1.165, 1.54) is 35.1 Å². The number of ether oxygens (including phenoxy) is 2. The number of hydrogen-bond donors (Lipinski definition) is 2. The Morgan fingerprint density at radius 1 is 1.31 bits per heavy atom. The van der Waals surface area contributed by atoms with Gasteiger partial charge in [-0.3, -0.25) is 14.5 Å². The maximum atomic E-state index is 13.3. The van der Waals surface area contributed by atoms with E-state index < -0.39 is 34.4 Å². The molecule has 0 aliphatic carbocycles. The third kappa shape index (κ3) is 5.13. The molecule has 3 N–H and O–H groups in total. The molecule has 0 spiro atoms. The van der Waals surface area contributed by atoms with Gasteiger partial charge < -0.3 is 25.4 Å². The SMILES string of the molecule is CO/N=C\C(=O)N[C@@H]1C(=O)N2C(C(=O)OCc3ccc(OC)cc3)=C(CCl)C(c3csc(N)n3)S[C@H]12. The summed E-state index contributed by atoms with van der Waals surface area (Å²) < 4.78 is 10.7. The van der Waals surface area contributed by atoms with Gasteiger partial charge in [0.1, 0.15) is 42.8 Å². The number of amides is 2. The number of halogens is 1. The van der Waals surface area contributed by atoms with Crippen molar-refractivity contribution in [3.63, 3.8) is 0 Å². The number of aromatic nitrogens is 1. The topological polar surface area (TPSA) is 145 Å². The summed E-state index contributed by atoms with van der Waals surface area (Å²) >= 11 is 8.88. The number of esters is 1. The molecule has 190 valence electrons. The van der Waals surface area contributed by atoms with Gasteiger partial charge in [0, 0.05) is 11.3 Å². The number of thioether (sulfide) groups is 1. The highest BCUT2D eigenvalue weighted by Gasteiger charge is 2.56. The average molecular weight is 552 g/mol. The van der Waals surface area contributed by atoms with Gasteiger partial charge >= 0.3 is 5.97 Å². The minimum Gasteiger partial charge on any atom is -0.497 e. The summed E-state index contributed by atoms with van der Waals surface area (Å²) in [5.41, 5.74) is 7.69. The number of thiazole rings is 1. The van der Waals surface area contributed by atoms with Crippen molar-refractivity contribution in [1.29, 1.82) is 0 Å². The van der Waals surface area contributed by atoms with Crippen LogP contribution in [-0.2, 0) is 30.6 Å². The van der Waals surface area contributed by atoms with E-state index in [0.717, 1.165) is 11.8 Å². The molecule has 1 fully saturated rings. The lowest BCUT2D eigenvalue weighted by Crippen LogP contribution is -2.70. The summed E-state index contributed by atoms with van der Waals surface area (Å²) in [5, 5.41) is 7.07. The van der Waals surface area contributed by atoms with Crippen molar-refractivity contribution in [3.05, 3.63) is 52.2 Å². The fourth-order valence-corrected chi connectivity index (χ4v) is 6.35. The summed E-state index contributed by atoms with van der Waals surface area (Å²) in [4.78, 5) is 48.7. The molecule has 2 amide bonds. The van der Waals surface area contributed by atoms with Crippen molar-refractivity contribution in [3.8, 4) is 5.75 Å². The first-order valence-corrected chi connectivity index (χ1v) is 12.9. The Balaban J connectivity index is 1.62. The zero-order chi connectivity index (χ0) is 25.8. The molecule has 11 nitrogen and oxygen atoms in total. The lowest BCUT2D eigenvalue weighted by molar-refractivity contribution is -0.153. The van der Waals surface area contributed by atoms with Crippen LogP contribution in [0.4, 0.5) is 5.13 Å². The summed E-state index contributed by atoms with van der Waals surface area (Å²) in [6, 6.07) is 6.14. The number of nitrogens with one attached hydrogen (secondary N) is 1. The molecule has 2 aliphatic heterocycles. The van der Waals surface area contributed by atoms with Gasteiger partial charge in [-0.05, 0) is 23.3 Å². The van der Waals surface area contributed by atoms with Gasteiger partial charge in [0.25, 0.3) is 11.8 Å². The molecule has 1 saturated heterocycles. The predicted molar refractivity (Wildman–Crippen MR) is 135 cm³/mol. The van der Waals surface area contributed by atoms with E-state index in [-0.39, 0.29) is 18.2 Å². The van der Waals surface area contributed by atoms with E-state index >= 15 is 0 Å². The van der Waals surface area contributed by atoms with Crippen molar-refractivity contribution >= 4 is 63.8 Å². The van der Waals surface area contributed by atoms with Gasteiger partial charge in [-0.15, -0.1) is 34.7 Å². The molecule has 1 aromatic carbocycles. The maximum Gasteiger partial charge on any atom is 0.355 e. The monoisotopic (exact) mass is 551 g/mol. The number of oxime groups is 1. The summed E-state index contributed by atoms with van der Waals surface area (Å²) in [6.45, 7) is -0.0241. The van der Waals surface area contributed by atoms with Crippen LogP contribution >= 0.6 is 34.7 Å². The standard InChI is InChI=1S/C22H22ClN5O6S2/c1-32-12-5-3-11(4-6-12)9-34-21(31)17-13(7-23)18(14-10-35-22(24)26-14)36-20-16(19(30)28(17)20)27-15(29)8-25-33-2/h3-6,8,10,16,18,20H,7,9H2,1-2H3,(H2,24,26)(H,27,29)/b25-8-/t16-,18?,20-/m1/s1. The highest BCUT2D eigenvalue weighted by molar-refractivity contribution is 8.00. The molecule has 4 rings (SSSR count). The van der Waals surface area contributed by atoms with Crippen LogP contribution in [0, 0.1) is 0 Å². The zero-order valence-electron chi connectivity index (χ0n) is 19.2. The molecular weight excluding hydrogens is 530 g/mol. The Morgan fingerprint density at radius 2 is 2.06 bits per heavy atom. The number of methoxy groups -OCH3 is 1. The third-order valence-electron chi connectivity index (χ3n) is 5.43. The van der Waals surface area contributed by atoms with Crippen LogP contribution in [0.2, 0.25) is 0 Å². The molecule has 0 radical (unpaired) electrons. The number of rotatable bonds is 9. The Bertz CT molecular complexity index is 1220. The van der Waals surface area contributed by atoms with Crippen LogP contribution in [0.25, 0.3) is 0 Å². The molecule has 0 bridgehead atoms. The largest absolute Gasteiger partial charge is 0.497 e. The number of β-lactam (4-membered cyclic amide) rings is 1. The van der Waals surface area contributed by atoms with Crippen LogP contribution in [0.15, 0.2) is 46.1 Å². The molecule has 3 atom stereocenters.